The van der Waals surface area contributed by atoms with Crippen LogP contribution in [0, 0.1) is 12.3 Å². The number of allylic oxidation sites excluding steroid dienone is 2. The molecule has 0 radical (unpaired) electrons. The van der Waals surface area contributed by atoms with Crippen LogP contribution in [0.2, 0.25) is 0 Å². The number of ether oxygens (including phenoxy) is 1. The second-order valence-corrected chi connectivity index (χ2v) is 8.33. The molecule has 0 bridgehead atoms. The van der Waals surface area contributed by atoms with E-state index in [1.54, 1.807) is 0 Å². The second-order valence-electron chi connectivity index (χ2n) is 7.33. The number of esters is 1. The zero-order valence-electron chi connectivity index (χ0n) is 17.4. The summed E-state index contributed by atoms with van der Waals surface area (Å²) in [5.41, 5.74) is 4.48. The predicted octanol–water partition coefficient (Wildman–Crippen LogP) is 7.55. The van der Waals surface area contributed by atoms with Gasteiger partial charge in [-0.1, -0.05) is 65.5 Å². The van der Waals surface area contributed by atoms with E-state index >= 15 is 0 Å². The number of rotatable bonds is 4. The van der Waals surface area contributed by atoms with E-state index < -0.39 is 0 Å². The van der Waals surface area contributed by atoms with Crippen molar-refractivity contribution < 1.29 is 9.53 Å². The van der Waals surface area contributed by atoms with Crippen molar-refractivity contribution in [3.8, 4) is 11.3 Å². The summed E-state index contributed by atoms with van der Waals surface area (Å²) in [4.78, 5) is 18.0. The maximum Gasteiger partial charge on any atom is 0.350 e. The highest BCUT2D eigenvalue weighted by Gasteiger charge is 2.26. The van der Waals surface area contributed by atoms with Gasteiger partial charge in [0, 0.05) is 5.56 Å². The summed E-state index contributed by atoms with van der Waals surface area (Å²) in [5, 5.41) is 0.955. The second kappa shape index (κ2) is 10.6. The highest BCUT2D eigenvalue weighted by molar-refractivity contribution is 7.15. The number of carbonyl (C=O) groups is 1. The van der Waals surface area contributed by atoms with E-state index in [-0.39, 0.29) is 13.4 Å². The normalized spacial score (nSPS) is 14.9. The van der Waals surface area contributed by atoms with Gasteiger partial charge in [0.15, 0.2) is 0 Å². The Balaban J connectivity index is 0.00000127. The Morgan fingerprint density at radius 1 is 1.25 bits per heavy atom. The first-order valence-electron chi connectivity index (χ1n) is 9.84. The van der Waals surface area contributed by atoms with Gasteiger partial charge >= 0.3 is 5.97 Å². The predicted molar refractivity (Wildman–Crippen MR) is 122 cm³/mol. The lowest BCUT2D eigenvalue weighted by Gasteiger charge is -2.27. The third-order valence-electron chi connectivity index (χ3n) is 4.74. The molecule has 1 aliphatic rings. The lowest BCUT2D eigenvalue weighted by Crippen LogP contribution is -2.13. The molecule has 154 valence electrons. The van der Waals surface area contributed by atoms with Crippen molar-refractivity contribution in [3.05, 3.63) is 45.8 Å². The lowest BCUT2D eigenvalue weighted by atomic mass is 9.78. The van der Waals surface area contributed by atoms with E-state index in [0.29, 0.717) is 16.9 Å². The van der Waals surface area contributed by atoms with Crippen molar-refractivity contribution in [2.24, 2.45) is 5.41 Å². The molecule has 0 amide bonds. The molecule has 0 N–H and O–H groups in total. The molecule has 4 heteroatoms. The van der Waals surface area contributed by atoms with Gasteiger partial charge in [-0.2, -0.15) is 0 Å². The first-order chi connectivity index (χ1) is 12.9. The van der Waals surface area contributed by atoms with E-state index in [1.165, 1.54) is 16.9 Å². The van der Waals surface area contributed by atoms with Crippen molar-refractivity contribution in [2.45, 2.75) is 68.2 Å². The molecule has 2 aromatic rings. The number of benzene rings is 1. The molecule has 1 aromatic heterocycles. The van der Waals surface area contributed by atoms with Gasteiger partial charge in [-0.05, 0) is 49.7 Å². The van der Waals surface area contributed by atoms with Crippen LogP contribution in [0.5, 0.6) is 0 Å². The molecule has 28 heavy (non-hydrogen) atoms. The van der Waals surface area contributed by atoms with Crippen molar-refractivity contribution >= 4 is 22.9 Å². The van der Waals surface area contributed by atoms with Gasteiger partial charge in [0.05, 0.1) is 12.3 Å². The fraction of sp³-hybridized carbons (Fsp3) is 0.500. The Morgan fingerprint density at radius 3 is 2.50 bits per heavy atom. The Bertz CT molecular complexity index is 818. The van der Waals surface area contributed by atoms with Gasteiger partial charge < -0.3 is 4.74 Å². The number of carbonyl (C=O) groups excluding carboxylic acids is 1. The van der Waals surface area contributed by atoms with E-state index in [2.05, 4.69) is 19.9 Å². The minimum atomic E-state index is -0.277. The molecule has 1 heterocycles. The summed E-state index contributed by atoms with van der Waals surface area (Å²) in [7, 11) is 0. The van der Waals surface area contributed by atoms with Gasteiger partial charge in [0.2, 0.25) is 0 Å². The average molecular weight is 402 g/mol. The molecule has 0 saturated carbocycles. The molecule has 0 aliphatic heterocycles. The van der Waals surface area contributed by atoms with E-state index in [9.17, 15) is 4.79 Å². The molecule has 0 atom stereocenters. The van der Waals surface area contributed by atoms with Crippen LogP contribution in [0.3, 0.4) is 0 Å². The highest BCUT2D eigenvalue weighted by Crippen LogP contribution is 2.41. The Hall–Kier alpha value is -1.94. The average Bonchev–Trinajstić information content (AvgIpc) is 3.09. The Labute approximate surface area is 174 Å². The van der Waals surface area contributed by atoms with Gasteiger partial charge in [0.1, 0.15) is 9.88 Å². The van der Waals surface area contributed by atoms with Crippen LogP contribution in [-0.4, -0.2) is 17.6 Å². The summed E-state index contributed by atoms with van der Waals surface area (Å²) < 4.78 is 5.28. The van der Waals surface area contributed by atoms with Crippen LogP contribution >= 0.6 is 11.3 Å². The molecular formula is C24H35NO2S. The zero-order valence-corrected chi connectivity index (χ0v) is 18.2. The molecule has 3 rings (SSSR count). The number of hydrogen-bond acceptors (Lipinski definition) is 4. The SMILES string of the molecule is C.CC.CCOC(=O)c1sc(C2=CCC(C)(C)CC2)nc1-c1ccccc1C. The summed E-state index contributed by atoms with van der Waals surface area (Å²) in [6.45, 7) is 12.8. The molecule has 0 fully saturated rings. The van der Waals surface area contributed by atoms with Crippen LogP contribution in [0.15, 0.2) is 30.3 Å². The molecular weight excluding hydrogens is 366 g/mol. The largest absolute Gasteiger partial charge is 0.462 e. The van der Waals surface area contributed by atoms with Gasteiger partial charge in [0.25, 0.3) is 0 Å². The topological polar surface area (TPSA) is 39.2 Å². The van der Waals surface area contributed by atoms with Crippen LogP contribution < -0.4 is 0 Å². The Kier molecular flexibility index (Phi) is 9.09. The van der Waals surface area contributed by atoms with Crippen molar-refractivity contribution in [3.63, 3.8) is 0 Å². The summed E-state index contributed by atoms with van der Waals surface area (Å²) >= 11 is 1.46. The molecule has 0 spiro atoms. The van der Waals surface area contributed by atoms with Crippen LogP contribution in [-0.2, 0) is 4.74 Å². The lowest BCUT2D eigenvalue weighted by molar-refractivity contribution is 0.0532. The van der Waals surface area contributed by atoms with Gasteiger partial charge in [-0.3, -0.25) is 0 Å². The van der Waals surface area contributed by atoms with Gasteiger partial charge in [-0.25, -0.2) is 9.78 Å². The van der Waals surface area contributed by atoms with Crippen molar-refractivity contribution in [1.82, 2.24) is 4.98 Å². The first kappa shape index (κ1) is 24.1. The summed E-state index contributed by atoms with van der Waals surface area (Å²) in [5.74, 6) is -0.277. The maximum atomic E-state index is 12.5. The molecule has 1 aromatic carbocycles. The van der Waals surface area contributed by atoms with Gasteiger partial charge in [-0.15, -0.1) is 11.3 Å². The van der Waals surface area contributed by atoms with Crippen molar-refractivity contribution in [2.75, 3.05) is 6.61 Å². The number of nitrogens with zero attached hydrogens (tertiary/aromatic N) is 1. The minimum absolute atomic E-state index is 0. The number of thiazole rings is 1. The molecule has 1 aliphatic carbocycles. The van der Waals surface area contributed by atoms with Crippen LogP contribution in [0.25, 0.3) is 16.8 Å². The number of hydrogen-bond donors (Lipinski definition) is 0. The smallest absolute Gasteiger partial charge is 0.350 e. The molecule has 3 nitrogen and oxygen atoms in total. The maximum absolute atomic E-state index is 12.5. The zero-order chi connectivity index (χ0) is 20.0. The third kappa shape index (κ3) is 5.54. The minimum Gasteiger partial charge on any atom is -0.462 e. The van der Waals surface area contributed by atoms with Crippen LogP contribution in [0.1, 0.15) is 81.6 Å². The van der Waals surface area contributed by atoms with E-state index in [0.717, 1.165) is 41.1 Å². The summed E-state index contributed by atoms with van der Waals surface area (Å²) in [6, 6.07) is 8.06. The number of aryl methyl sites for hydroxylation is 1. The summed E-state index contributed by atoms with van der Waals surface area (Å²) in [6.07, 6.45) is 5.50. The van der Waals surface area contributed by atoms with E-state index in [1.807, 2.05) is 52.0 Å². The quantitative estimate of drug-likeness (QED) is 0.496. The molecule has 0 saturated heterocycles. The van der Waals surface area contributed by atoms with Crippen LogP contribution in [0.4, 0.5) is 0 Å². The Morgan fingerprint density at radius 2 is 1.93 bits per heavy atom. The van der Waals surface area contributed by atoms with E-state index in [4.69, 9.17) is 9.72 Å². The fourth-order valence-corrected chi connectivity index (χ4v) is 4.13. The molecule has 0 unspecified atom stereocenters. The standard InChI is InChI=1S/C21H25NO2S.C2H6.CH4/c1-5-24-20(23)18-17(16-9-7-6-8-14(16)2)22-19(25-18)15-10-12-21(3,4)13-11-15;1-2;/h6-10H,5,11-13H2,1-4H3;1-2H3;1H4. The number of aromatic nitrogens is 1. The van der Waals surface area contributed by atoms with Crippen molar-refractivity contribution in [1.29, 1.82) is 0 Å². The monoisotopic (exact) mass is 401 g/mol. The first-order valence-corrected chi connectivity index (χ1v) is 10.7. The highest BCUT2D eigenvalue weighted by atomic mass is 32.1. The third-order valence-corrected chi connectivity index (χ3v) is 5.85. The fourth-order valence-electron chi connectivity index (χ4n) is 3.08.